The second kappa shape index (κ2) is 11.4. The van der Waals surface area contributed by atoms with Gasteiger partial charge < -0.3 is 9.80 Å². The first kappa shape index (κ1) is 23.5. The molecular formula is C27H32FN3O. The van der Waals surface area contributed by atoms with E-state index >= 15 is 0 Å². The fourth-order valence-corrected chi connectivity index (χ4v) is 3.67. The van der Waals surface area contributed by atoms with Gasteiger partial charge in [-0.05, 0) is 67.8 Å². The Balaban J connectivity index is 1.86. The van der Waals surface area contributed by atoms with Crippen molar-refractivity contribution in [2.45, 2.75) is 46.6 Å². The van der Waals surface area contributed by atoms with Crippen molar-refractivity contribution < 1.29 is 9.18 Å². The van der Waals surface area contributed by atoms with Gasteiger partial charge in [0.2, 0.25) is 0 Å². The van der Waals surface area contributed by atoms with E-state index in [0.717, 1.165) is 49.3 Å². The molecule has 0 aliphatic rings. The van der Waals surface area contributed by atoms with E-state index < -0.39 is 0 Å². The molecule has 3 aromatic rings. The zero-order valence-electron chi connectivity index (χ0n) is 19.2. The zero-order chi connectivity index (χ0) is 22.9. The van der Waals surface area contributed by atoms with Gasteiger partial charge in [0.15, 0.2) is 0 Å². The average Bonchev–Trinajstić information content (AvgIpc) is 2.81. The first-order valence-electron chi connectivity index (χ1n) is 11.4. The van der Waals surface area contributed by atoms with Crippen LogP contribution in [0.5, 0.6) is 0 Å². The van der Waals surface area contributed by atoms with Crippen molar-refractivity contribution >= 4 is 17.4 Å². The van der Waals surface area contributed by atoms with Crippen molar-refractivity contribution in [3.8, 4) is 0 Å². The second-order valence-corrected chi connectivity index (χ2v) is 8.10. The highest BCUT2D eigenvalue weighted by Crippen LogP contribution is 2.22. The number of amides is 1. The third-order valence-corrected chi connectivity index (χ3v) is 5.40. The number of aromatic nitrogens is 1. The number of hydrogen-bond donors (Lipinski definition) is 0. The molecule has 0 saturated heterocycles. The third kappa shape index (κ3) is 6.16. The number of pyridine rings is 1. The van der Waals surface area contributed by atoms with Crippen molar-refractivity contribution in [1.29, 1.82) is 0 Å². The molecule has 0 spiro atoms. The Bertz CT molecular complexity index is 1000. The van der Waals surface area contributed by atoms with Crippen LogP contribution in [-0.4, -0.2) is 24.0 Å². The topological polar surface area (TPSA) is 36.4 Å². The summed E-state index contributed by atoms with van der Waals surface area (Å²) in [5, 5.41) is 0. The van der Waals surface area contributed by atoms with Crippen LogP contribution in [0.2, 0.25) is 0 Å². The number of anilines is 2. The lowest BCUT2D eigenvalue weighted by molar-refractivity contribution is 0.0985. The van der Waals surface area contributed by atoms with Gasteiger partial charge in [0.25, 0.3) is 5.91 Å². The first-order valence-corrected chi connectivity index (χ1v) is 11.4. The maximum atomic E-state index is 13.5. The molecule has 1 heterocycles. The molecule has 0 aliphatic heterocycles. The quantitative estimate of drug-likeness (QED) is 0.372. The molecule has 0 fully saturated rings. The van der Waals surface area contributed by atoms with Crippen molar-refractivity contribution in [2.24, 2.45) is 0 Å². The van der Waals surface area contributed by atoms with Crippen LogP contribution in [0.15, 0.2) is 66.9 Å². The minimum absolute atomic E-state index is 0.125. The molecule has 2 aromatic carbocycles. The SMILES string of the molecule is CCCCN(CCC)c1ccc(CN(C(=O)c2cccc(C)c2)c2ccc(F)cc2)cn1. The van der Waals surface area contributed by atoms with E-state index in [1.54, 1.807) is 17.0 Å². The molecule has 3 rings (SSSR count). The van der Waals surface area contributed by atoms with Gasteiger partial charge in [0.05, 0.1) is 6.54 Å². The van der Waals surface area contributed by atoms with Gasteiger partial charge in [-0.3, -0.25) is 4.79 Å². The molecule has 168 valence electrons. The molecule has 4 nitrogen and oxygen atoms in total. The van der Waals surface area contributed by atoms with Crippen LogP contribution in [0.4, 0.5) is 15.9 Å². The molecule has 0 unspecified atom stereocenters. The number of hydrogen-bond acceptors (Lipinski definition) is 3. The lowest BCUT2D eigenvalue weighted by Gasteiger charge is -2.25. The summed E-state index contributed by atoms with van der Waals surface area (Å²) in [6, 6.07) is 17.6. The van der Waals surface area contributed by atoms with E-state index in [0.29, 0.717) is 17.8 Å². The van der Waals surface area contributed by atoms with E-state index in [4.69, 9.17) is 0 Å². The molecule has 1 amide bonds. The molecule has 5 heteroatoms. The van der Waals surface area contributed by atoms with Crippen LogP contribution in [0.3, 0.4) is 0 Å². The molecule has 32 heavy (non-hydrogen) atoms. The Morgan fingerprint density at radius 3 is 2.38 bits per heavy atom. The Labute approximate surface area is 190 Å². The average molecular weight is 434 g/mol. The number of carbonyl (C=O) groups is 1. The van der Waals surface area contributed by atoms with Crippen LogP contribution < -0.4 is 9.80 Å². The number of halogens is 1. The molecule has 0 bridgehead atoms. The minimum atomic E-state index is -0.328. The molecule has 0 N–H and O–H groups in total. The highest BCUT2D eigenvalue weighted by atomic mass is 19.1. The fourth-order valence-electron chi connectivity index (χ4n) is 3.67. The summed E-state index contributed by atoms with van der Waals surface area (Å²) in [5.41, 5.74) is 3.19. The van der Waals surface area contributed by atoms with Crippen LogP contribution in [0.25, 0.3) is 0 Å². The Hall–Kier alpha value is -3.21. The van der Waals surface area contributed by atoms with Crippen LogP contribution >= 0.6 is 0 Å². The molecule has 1 aromatic heterocycles. The molecule has 0 atom stereocenters. The van der Waals surface area contributed by atoms with Crippen molar-refractivity contribution in [3.63, 3.8) is 0 Å². The molecule has 0 aliphatic carbocycles. The predicted octanol–water partition coefficient (Wildman–Crippen LogP) is 6.39. The monoisotopic (exact) mass is 433 g/mol. The minimum Gasteiger partial charge on any atom is -0.357 e. The van der Waals surface area contributed by atoms with Gasteiger partial charge in [0, 0.05) is 30.5 Å². The summed E-state index contributed by atoms with van der Waals surface area (Å²) in [6.45, 7) is 8.64. The maximum Gasteiger partial charge on any atom is 0.258 e. The van der Waals surface area contributed by atoms with Gasteiger partial charge in [-0.2, -0.15) is 0 Å². The summed E-state index contributed by atoms with van der Waals surface area (Å²) >= 11 is 0. The van der Waals surface area contributed by atoms with E-state index in [1.807, 2.05) is 49.5 Å². The Kier molecular flexibility index (Phi) is 8.37. The zero-order valence-corrected chi connectivity index (χ0v) is 19.2. The van der Waals surface area contributed by atoms with E-state index in [2.05, 4.69) is 23.7 Å². The summed E-state index contributed by atoms with van der Waals surface area (Å²) in [4.78, 5) is 22.0. The summed E-state index contributed by atoms with van der Waals surface area (Å²) in [5.74, 6) is 0.508. The van der Waals surface area contributed by atoms with Gasteiger partial charge >= 0.3 is 0 Å². The summed E-state index contributed by atoms with van der Waals surface area (Å²) in [7, 11) is 0. The number of benzene rings is 2. The van der Waals surface area contributed by atoms with Crippen LogP contribution in [0, 0.1) is 12.7 Å². The van der Waals surface area contributed by atoms with Gasteiger partial charge in [-0.1, -0.05) is 44.0 Å². The smallest absolute Gasteiger partial charge is 0.258 e. The molecule has 0 radical (unpaired) electrons. The van der Waals surface area contributed by atoms with Gasteiger partial charge in [0.1, 0.15) is 11.6 Å². The Morgan fingerprint density at radius 2 is 1.75 bits per heavy atom. The highest BCUT2D eigenvalue weighted by Gasteiger charge is 2.19. The normalized spacial score (nSPS) is 10.8. The summed E-state index contributed by atoms with van der Waals surface area (Å²) < 4.78 is 13.5. The van der Waals surface area contributed by atoms with E-state index in [1.165, 1.54) is 12.1 Å². The fraction of sp³-hybridized carbons (Fsp3) is 0.333. The predicted molar refractivity (Wildman–Crippen MR) is 130 cm³/mol. The lowest BCUT2D eigenvalue weighted by Crippen LogP contribution is -2.30. The van der Waals surface area contributed by atoms with E-state index in [9.17, 15) is 9.18 Å². The van der Waals surface area contributed by atoms with Gasteiger partial charge in [-0.15, -0.1) is 0 Å². The van der Waals surface area contributed by atoms with Gasteiger partial charge in [-0.25, -0.2) is 9.37 Å². The largest absolute Gasteiger partial charge is 0.357 e. The first-order chi connectivity index (χ1) is 15.5. The molecular weight excluding hydrogens is 401 g/mol. The summed E-state index contributed by atoms with van der Waals surface area (Å²) in [6.07, 6.45) is 5.18. The number of rotatable bonds is 10. The van der Waals surface area contributed by atoms with Crippen LogP contribution in [0.1, 0.15) is 54.6 Å². The van der Waals surface area contributed by atoms with E-state index in [-0.39, 0.29) is 11.7 Å². The highest BCUT2D eigenvalue weighted by molar-refractivity contribution is 6.06. The standard InChI is InChI=1S/C27H32FN3O/c1-4-6-17-30(16-5-2)26-15-10-22(19-29-26)20-31(25-13-11-24(28)12-14-25)27(32)23-9-7-8-21(3)18-23/h7-15,18-19H,4-6,16-17,20H2,1-3H3. The van der Waals surface area contributed by atoms with Crippen molar-refractivity contribution in [2.75, 3.05) is 22.9 Å². The third-order valence-electron chi connectivity index (χ3n) is 5.40. The molecule has 0 saturated carbocycles. The number of aryl methyl sites for hydroxylation is 1. The lowest BCUT2D eigenvalue weighted by atomic mass is 10.1. The van der Waals surface area contributed by atoms with Crippen molar-refractivity contribution in [1.82, 2.24) is 4.98 Å². The second-order valence-electron chi connectivity index (χ2n) is 8.10. The number of unbranched alkanes of at least 4 members (excludes halogenated alkanes) is 1. The van der Waals surface area contributed by atoms with Crippen LogP contribution in [-0.2, 0) is 6.54 Å². The Morgan fingerprint density at radius 1 is 0.969 bits per heavy atom. The number of nitrogens with zero attached hydrogens (tertiary/aromatic N) is 3. The maximum absolute atomic E-state index is 13.5. The van der Waals surface area contributed by atoms with Crippen molar-refractivity contribution in [3.05, 3.63) is 89.4 Å². The number of carbonyl (C=O) groups excluding carboxylic acids is 1.